The average molecular weight is 350 g/mol. The van der Waals surface area contributed by atoms with E-state index in [1.807, 2.05) is 61.5 Å². The Kier molecular flexibility index (Phi) is 5.69. The van der Waals surface area contributed by atoms with Gasteiger partial charge in [0, 0.05) is 17.6 Å². The van der Waals surface area contributed by atoms with Gasteiger partial charge < -0.3 is 15.0 Å². The Bertz CT molecular complexity index is 945. The number of amides is 1. The van der Waals surface area contributed by atoms with Crippen LogP contribution in [-0.2, 0) is 17.6 Å². The van der Waals surface area contributed by atoms with Crippen molar-refractivity contribution in [3.05, 3.63) is 76.1 Å². The van der Waals surface area contributed by atoms with Crippen LogP contribution in [0, 0.1) is 0 Å². The largest absolute Gasteiger partial charge is 0.494 e. The van der Waals surface area contributed by atoms with E-state index >= 15 is 0 Å². The fraction of sp³-hybridized carbons (Fsp3) is 0.238. The molecule has 0 aliphatic heterocycles. The average Bonchev–Trinajstić information content (AvgIpc) is 2.64. The molecule has 2 aromatic carbocycles. The van der Waals surface area contributed by atoms with E-state index in [2.05, 4.69) is 10.3 Å². The lowest BCUT2D eigenvalue weighted by molar-refractivity contribution is -0.120. The molecule has 0 spiro atoms. The molecule has 3 aromatic rings. The number of carbonyl (C=O) groups is 1. The van der Waals surface area contributed by atoms with Crippen molar-refractivity contribution in [1.82, 2.24) is 10.3 Å². The van der Waals surface area contributed by atoms with E-state index in [4.69, 9.17) is 4.74 Å². The molecule has 1 amide bonds. The van der Waals surface area contributed by atoms with Gasteiger partial charge in [-0.25, -0.2) is 0 Å². The SMILES string of the molecule is CCOc1ccc(CC(=O)NCCc2cc3ccccc3[nH]c2=O)cc1. The topological polar surface area (TPSA) is 71.2 Å². The molecule has 0 radical (unpaired) electrons. The van der Waals surface area contributed by atoms with Crippen molar-refractivity contribution in [2.45, 2.75) is 19.8 Å². The van der Waals surface area contributed by atoms with Gasteiger partial charge in [-0.05, 0) is 48.6 Å². The number of para-hydroxylation sites is 1. The number of carbonyl (C=O) groups excluding carboxylic acids is 1. The summed E-state index contributed by atoms with van der Waals surface area (Å²) < 4.78 is 5.39. The maximum atomic E-state index is 12.1. The summed E-state index contributed by atoms with van der Waals surface area (Å²) in [5, 5.41) is 3.86. The third-order valence-corrected chi connectivity index (χ3v) is 4.15. The minimum absolute atomic E-state index is 0.0635. The summed E-state index contributed by atoms with van der Waals surface area (Å²) in [6, 6.07) is 17.0. The smallest absolute Gasteiger partial charge is 0.251 e. The molecule has 134 valence electrons. The maximum Gasteiger partial charge on any atom is 0.251 e. The Hall–Kier alpha value is -3.08. The third kappa shape index (κ3) is 4.51. The second-order valence-electron chi connectivity index (χ2n) is 6.06. The number of aromatic nitrogens is 1. The first kappa shape index (κ1) is 17.7. The number of fused-ring (bicyclic) bond motifs is 1. The molecule has 5 heteroatoms. The Morgan fingerprint density at radius 1 is 1.12 bits per heavy atom. The molecule has 0 fully saturated rings. The predicted molar refractivity (Wildman–Crippen MR) is 103 cm³/mol. The molecule has 0 unspecified atom stereocenters. The van der Waals surface area contributed by atoms with E-state index in [0.29, 0.717) is 31.6 Å². The highest BCUT2D eigenvalue weighted by Gasteiger charge is 2.06. The summed E-state index contributed by atoms with van der Waals surface area (Å²) in [4.78, 5) is 27.1. The number of hydrogen-bond donors (Lipinski definition) is 2. The molecular formula is C21H22N2O3. The highest BCUT2D eigenvalue weighted by molar-refractivity contribution is 5.79. The van der Waals surface area contributed by atoms with E-state index in [9.17, 15) is 9.59 Å². The summed E-state index contributed by atoms with van der Waals surface area (Å²) in [5.74, 6) is 0.735. The molecule has 0 saturated heterocycles. The van der Waals surface area contributed by atoms with Crippen LogP contribution in [0.3, 0.4) is 0 Å². The molecule has 0 bridgehead atoms. The molecule has 0 aliphatic rings. The number of ether oxygens (including phenoxy) is 1. The third-order valence-electron chi connectivity index (χ3n) is 4.15. The predicted octanol–water partition coefficient (Wildman–Crippen LogP) is 2.83. The first-order chi connectivity index (χ1) is 12.7. The molecule has 0 saturated carbocycles. The lowest BCUT2D eigenvalue weighted by atomic mass is 10.1. The van der Waals surface area contributed by atoms with Gasteiger partial charge in [0.15, 0.2) is 0 Å². The summed E-state index contributed by atoms with van der Waals surface area (Å²) in [5.41, 5.74) is 2.31. The van der Waals surface area contributed by atoms with Gasteiger partial charge in [0.05, 0.1) is 13.0 Å². The van der Waals surface area contributed by atoms with Crippen LogP contribution in [0.4, 0.5) is 0 Å². The van der Waals surface area contributed by atoms with Crippen molar-refractivity contribution in [1.29, 1.82) is 0 Å². The van der Waals surface area contributed by atoms with Gasteiger partial charge in [0.1, 0.15) is 5.75 Å². The normalized spacial score (nSPS) is 10.7. The van der Waals surface area contributed by atoms with Gasteiger partial charge in [-0.2, -0.15) is 0 Å². The number of hydrogen-bond acceptors (Lipinski definition) is 3. The van der Waals surface area contributed by atoms with Gasteiger partial charge in [-0.3, -0.25) is 9.59 Å². The van der Waals surface area contributed by atoms with E-state index < -0.39 is 0 Å². The monoisotopic (exact) mass is 350 g/mol. The summed E-state index contributed by atoms with van der Waals surface area (Å²) in [7, 11) is 0. The van der Waals surface area contributed by atoms with E-state index in [-0.39, 0.29) is 11.5 Å². The van der Waals surface area contributed by atoms with Crippen LogP contribution in [0.15, 0.2) is 59.4 Å². The Balaban J connectivity index is 1.53. The van der Waals surface area contributed by atoms with Crippen molar-refractivity contribution in [3.63, 3.8) is 0 Å². The first-order valence-corrected chi connectivity index (χ1v) is 8.75. The van der Waals surface area contributed by atoms with Crippen molar-refractivity contribution in [3.8, 4) is 5.75 Å². The fourth-order valence-corrected chi connectivity index (χ4v) is 2.83. The lowest BCUT2D eigenvalue weighted by Gasteiger charge is -2.07. The van der Waals surface area contributed by atoms with E-state index in [1.165, 1.54) is 0 Å². The number of aromatic amines is 1. The molecular weight excluding hydrogens is 328 g/mol. The van der Waals surface area contributed by atoms with Crippen LogP contribution in [0.1, 0.15) is 18.1 Å². The van der Waals surface area contributed by atoms with Gasteiger partial charge >= 0.3 is 0 Å². The highest BCUT2D eigenvalue weighted by Crippen LogP contribution is 2.12. The van der Waals surface area contributed by atoms with Crippen molar-refractivity contribution >= 4 is 16.8 Å². The van der Waals surface area contributed by atoms with Crippen LogP contribution in [0.5, 0.6) is 5.75 Å². The van der Waals surface area contributed by atoms with Crippen LogP contribution in [-0.4, -0.2) is 24.0 Å². The van der Waals surface area contributed by atoms with Crippen LogP contribution >= 0.6 is 0 Å². The number of benzene rings is 2. The second-order valence-corrected chi connectivity index (χ2v) is 6.06. The summed E-state index contributed by atoms with van der Waals surface area (Å²) >= 11 is 0. The van der Waals surface area contributed by atoms with Crippen molar-refractivity contribution in [2.24, 2.45) is 0 Å². The zero-order valence-corrected chi connectivity index (χ0v) is 14.7. The number of pyridine rings is 1. The maximum absolute atomic E-state index is 12.1. The first-order valence-electron chi connectivity index (χ1n) is 8.75. The van der Waals surface area contributed by atoms with Gasteiger partial charge in [-0.15, -0.1) is 0 Å². The number of H-pyrrole nitrogens is 1. The zero-order valence-electron chi connectivity index (χ0n) is 14.7. The molecule has 2 N–H and O–H groups in total. The van der Waals surface area contributed by atoms with Crippen molar-refractivity contribution < 1.29 is 9.53 Å². The Morgan fingerprint density at radius 3 is 2.65 bits per heavy atom. The number of rotatable bonds is 7. The quantitative estimate of drug-likeness (QED) is 0.688. The van der Waals surface area contributed by atoms with Gasteiger partial charge in [0.25, 0.3) is 5.56 Å². The molecule has 1 heterocycles. The highest BCUT2D eigenvalue weighted by atomic mass is 16.5. The fourth-order valence-electron chi connectivity index (χ4n) is 2.83. The molecule has 1 aromatic heterocycles. The second kappa shape index (κ2) is 8.34. The molecule has 5 nitrogen and oxygen atoms in total. The van der Waals surface area contributed by atoms with Gasteiger partial charge in [0.2, 0.25) is 5.91 Å². The summed E-state index contributed by atoms with van der Waals surface area (Å²) in [6.45, 7) is 2.98. The standard InChI is InChI=1S/C21H22N2O3/c1-2-26-18-9-7-15(8-10-18)13-20(24)22-12-11-17-14-16-5-3-4-6-19(16)23-21(17)25/h3-10,14H,2,11-13H2,1H3,(H,22,24)(H,23,25). The molecule has 0 atom stereocenters. The minimum atomic E-state index is -0.107. The minimum Gasteiger partial charge on any atom is -0.494 e. The zero-order chi connectivity index (χ0) is 18.4. The Labute approximate surface area is 152 Å². The number of nitrogens with one attached hydrogen (secondary N) is 2. The van der Waals surface area contributed by atoms with E-state index in [0.717, 1.165) is 22.2 Å². The van der Waals surface area contributed by atoms with E-state index in [1.54, 1.807) is 0 Å². The molecule has 26 heavy (non-hydrogen) atoms. The molecule has 3 rings (SSSR count). The lowest BCUT2D eigenvalue weighted by Crippen LogP contribution is -2.28. The molecule has 0 aliphatic carbocycles. The van der Waals surface area contributed by atoms with Crippen LogP contribution < -0.4 is 15.6 Å². The van der Waals surface area contributed by atoms with Crippen molar-refractivity contribution in [2.75, 3.05) is 13.2 Å². The van der Waals surface area contributed by atoms with Crippen LogP contribution in [0.2, 0.25) is 0 Å². The van der Waals surface area contributed by atoms with Crippen LogP contribution in [0.25, 0.3) is 10.9 Å². The van der Waals surface area contributed by atoms with Gasteiger partial charge in [-0.1, -0.05) is 30.3 Å². The summed E-state index contributed by atoms with van der Waals surface area (Å²) in [6.07, 6.45) is 0.801. The Morgan fingerprint density at radius 2 is 1.88 bits per heavy atom.